The summed E-state index contributed by atoms with van der Waals surface area (Å²) in [4.78, 5) is 30.6. The molecule has 3 N–H and O–H groups in total. The first-order chi connectivity index (χ1) is 11.5. The molecule has 1 unspecified atom stereocenters. The van der Waals surface area contributed by atoms with Gasteiger partial charge in [-0.1, -0.05) is 30.3 Å². The minimum Gasteiger partial charge on any atom is -0.347 e. The molecule has 0 aliphatic rings. The third kappa shape index (κ3) is 4.87. The van der Waals surface area contributed by atoms with Gasteiger partial charge in [-0.15, -0.1) is 11.3 Å². The Balaban J connectivity index is 2.11. The summed E-state index contributed by atoms with van der Waals surface area (Å²) in [7, 11) is 3.35. The van der Waals surface area contributed by atoms with Crippen molar-refractivity contribution < 1.29 is 9.59 Å². The number of likely N-dealkylation sites (N-methyl/N-ethyl adjacent to an activating group) is 1. The third-order valence-electron chi connectivity index (χ3n) is 3.47. The molecule has 1 aromatic heterocycles. The van der Waals surface area contributed by atoms with E-state index in [2.05, 4.69) is 10.3 Å². The van der Waals surface area contributed by atoms with E-state index in [0.717, 1.165) is 10.6 Å². The van der Waals surface area contributed by atoms with Gasteiger partial charge in [-0.05, 0) is 12.1 Å². The van der Waals surface area contributed by atoms with E-state index in [9.17, 15) is 9.59 Å². The van der Waals surface area contributed by atoms with Gasteiger partial charge in [0.15, 0.2) is 0 Å². The Bertz CT molecular complexity index is 685. The highest BCUT2D eigenvalue weighted by molar-refractivity contribution is 7.09. The first-order valence-electron chi connectivity index (χ1n) is 7.71. The van der Waals surface area contributed by atoms with E-state index >= 15 is 0 Å². The lowest BCUT2D eigenvalue weighted by molar-refractivity contribution is -0.130. The van der Waals surface area contributed by atoms with Crippen molar-refractivity contribution in [3.05, 3.63) is 52.0 Å². The maximum absolute atomic E-state index is 12.4. The Labute approximate surface area is 145 Å². The fraction of sp³-hybridized carbons (Fsp3) is 0.353. The summed E-state index contributed by atoms with van der Waals surface area (Å²) in [6, 6.07) is 8.98. The summed E-state index contributed by atoms with van der Waals surface area (Å²) < 4.78 is 0. The molecule has 0 saturated heterocycles. The summed E-state index contributed by atoms with van der Waals surface area (Å²) in [6.07, 6.45) is 1.07. The topological polar surface area (TPSA) is 88.3 Å². The number of thiazole rings is 1. The number of nitrogens with one attached hydrogen (secondary N) is 1. The van der Waals surface area contributed by atoms with Gasteiger partial charge in [0, 0.05) is 32.3 Å². The number of rotatable bonds is 7. The molecule has 1 atom stereocenters. The molecule has 24 heavy (non-hydrogen) atoms. The standard InChI is InChI=1S/C17H22N4O2S/c1-21(2)17(23)13(10-12-6-4-3-5-7-12)20-16(22)14-11-24-15(19-14)8-9-18/h3-7,11,13H,8-10,18H2,1-2H3,(H,20,22). The van der Waals surface area contributed by atoms with Gasteiger partial charge in [-0.2, -0.15) is 0 Å². The lowest BCUT2D eigenvalue weighted by Crippen LogP contribution is -2.47. The molecule has 0 saturated carbocycles. The molecule has 7 heteroatoms. The van der Waals surface area contributed by atoms with Crippen molar-refractivity contribution in [2.75, 3.05) is 20.6 Å². The maximum Gasteiger partial charge on any atom is 0.271 e. The first-order valence-corrected chi connectivity index (χ1v) is 8.59. The number of amides is 2. The lowest BCUT2D eigenvalue weighted by Gasteiger charge is -2.21. The second kappa shape index (κ2) is 8.56. The maximum atomic E-state index is 12.4. The molecular formula is C17H22N4O2S. The summed E-state index contributed by atoms with van der Waals surface area (Å²) in [5.41, 5.74) is 6.81. The highest BCUT2D eigenvalue weighted by atomic mass is 32.1. The zero-order chi connectivity index (χ0) is 17.5. The molecule has 0 aliphatic heterocycles. The van der Waals surface area contributed by atoms with Crippen LogP contribution in [0.5, 0.6) is 0 Å². The Morgan fingerprint density at radius 2 is 2.00 bits per heavy atom. The average Bonchev–Trinajstić information content (AvgIpc) is 3.03. The third-order valence-corrected chi connectivity index (χ3v) is 4.38. The van der Waals surface area contributed by atoms with Gasteiger partial charge in [0.05, 0.1) is 5.01 Å². The first kappa shape index (κ1) is 18.1. The lowest BCUT2D eigenvalue weighted by atomic mass is 10.0. The second-order valence-electron chi connectivity index (χ2n) is 5.61. The Kier molecular flexibility index (Phi) is 6.45. The monoisotopic (exact) mass is 346 g/mol. The van der Waals surface area contributed by atoms with E-state index in [4.69, 9.17) is 5.73 Å². The van der Waals surface area contributed by atoms with Crippen LogP contribution in [0.1, 0.15) is 21.1 Å². The fourth-order valence-corrected chi connectivity index (χ4v) is 3.04. The van der Waals surface area contributed by atoms with Crippen molar-refractivity contribution in [1.82, 2.24) is 15.2 Å². The molecule has 0 aliphatic carbocycles. The second-order valence-corrected chi connectivity index (χ2v) is 6.56. The van der Waals surface area contributed by atoms with Gasteiger partial charge in [0.1, 0.15) is 11.7 Å². The van der Waals surface area contributed by atoms with E-state index in [1.54, 1.807) is 19.5 Å². The highest BCUT2D eigenvalue weighted by Gasteiger charge is 2.24. The van der Waals surface area contributed by atoms with Crippen LogP contribution in [0.4, 0.5) is 0 Å². The number of hydrogen-bond donors (Lipinski definition) is 2. The Hall–Kier alpha value is -2.25. The average molecular weight is 346 g/mol. The number of aromatic nitrogens is 1. The molecule has 1 aromatic carbocycles. The van der Waals surface area contributed by atoms with Crippen LogP contribution in [0, 0.1) is 0 Å². The van der Waals surface area contributed by atoms with Crippen molar-refractivity contribution in [3.63, 3.8) is 0 Å². The van der Waals surface area contributed by atoms with Gasteiger partial charge in [0.2, 0.25) is 5.91 Å². The molecule has 0 radical (unpaired) electrons. The smallest absolute Gasteiger partial charge is 0.271 e. The molecule has 2 aromatic rings. The minimum atomic E-state index is -0.630. The molecule has 0 fully saturated rings. The number of hydrogen-bond acceptors (Lipinski definition) is 5. The van der Waals surface area contributed by atoms with Gasteiger partial charge >= 0.3 is 0 Å². The Morgan fingerprint density at radius 3 is 2.62 bits per heavy atom. The Morgan fingerprint density at radius 1 is 1.29 bits per heavy atom. The molecule has 2 rings (SSSR count). The summed E-state index contributed by atoms with van der Waals surface area (Å²) in [5.74, 6) is -0.490. The zero-order valence-electron chi connectivity index (χ0n) is 13.9. The molecule has 0 spiro atoms. The minimum absolute atomic E-state index is 0.149. The van der Waals surface area contributed by atoms with Crippen LogP contribution in [0.15, 0.2) is 35.7 Å². The van der Waals surface area contributed by atoms with Crippen LogP contribution >= 0.6 is 11.3 Å². The van der Waals surface area contributed by atoms with E-state index in [1.165, 1.54) is 16.2 Å². The van der Waals surface area contributed by atoms with Gasteiger partial charge in [0.25, 0.3) is 5.91 Å². The molecule has 2 amide bonds. The molecular weight excluding hydrogens is 324 g/mol. The van der Waals surface area contributed by atoms with Crippen LogP contribution < -0.4 is 11.1 Å². The summed E-state index contributed by atoms with van der Waals surface area (Å²) >= 11 is 1.40. The van der Waals surface area contributed by atoms with Crippen LogP contribution in [0.25, 0.3) is 0 Å². The normalized spacial score (nSPS) is 11.8. The predicted octanol–water partition coefficient (Wildman–Crippen LogP) is 1.07. The highest BCUT2D eigenvalue weighted by Crippen LogP contribution is 2.11. The van der Waals surface area contributed by atoms with E-state index in [-0.39, 0.29) is 11.8 Å². The van der Waals surface area contributed by atoms with Crippen molar-refractivity contribution in [2.45, 2.75) is 18.9 Å². The number of carbonyl (C=O) groups is 2. The van der Waals surface area contributed by atoms with Crippen molar-refractivity contribution in [2.24, 2.45) is 5.73 Å². The quantitative estimate of drug-likeness (QED) is 0.785. The number of nitrogens with zero attached hydrogens (tertiary/aromatic N) is 2. The zero-order valence-corrected chi connectivity index (χ0v) is 14.7. The van der Waals surface area contributed by atoms with Crippen LogP contribution in [0.2, 0.25) is 0 Å². The van der Waals surface area contributed by atoms with Crippen molar-refractivity contribution in [3.8, 4) is 0 Å². The van der Waals surface area contributed by atoms with E-state index in [1.807, 2.05) is 30.3 Å². The van der Waals surface area contributed by atoms with Crippen molar-refractivity contribution in [1.29, 1.82) is 0 Å². The van der Waals surface area contributed by atoms with Crippen LogP contribution in [-0.4, -0.2) is 48.4 Å². The van der Waals surface area contributed by atoms with Gasteiger partial charge < -0.3 is 16.0 Å². The number of carbonyl (C=O) groups excluding carboxylic acids is 2. The fourth-order valence-electron chi connectivity index (χ4n) is 2.25. The SMILES string of the molecule is CN(C)C(=O)C(Cc1ccccc1)NC(=O)c1csc(CCN)n1. The number of benzene rings is 1. The van der Waals surface area contributed by atoms with Crippen LogP contribution in [0.3, 0.4) is 0 Å². The largest absolute Gasteiger partial charge is 0.347 e. The molecule has 0 bridgehead atoms. The van der Waals surface area contributed by atoms with E-state index in [0.29, 0.717) is 25.1 Å². The molecule has 6 nitrogen and oxygen atoms in total. The molecule has 1 heterocycles. The van der Waals surface area contributed by atoms with Crippen molar-refractivity contribution >= 4 is 23.2 Å². The summed E-state index contributed by atoms with van der Waals surface area (Å²) in [5, 5.41) is 5.32. The van der Waals surface area contributed by atoms with Crippen LogP contribution in [-0.2, 0) is 17.6 Å². The van der Waals surface area contributed by atoms with Gasteiger partial charge in [-0.3, -0.25) is 9.59 Å². The predicted molar refractivity (Wildman–Crippen MR) is 95.0 cm³/mol. The molecule has 128 valence electrons. The summed E-state index contributed by atoms with van der Waals surface area (Å²) in [6.45, 7) is 0.490. The number of nitrogens with two attached hydrogens (primary N) is 1. The van der Waals surface area contributed by atoms with Gasteiger partial charge in [-0.25, -0.2) is 4.98 Å². The van der Waals surface area contributed by atoms with E-state index < -0.39 is 6.04 Å².